The average molecular weight is 324 g/mol. The molecule has 6 heteroatoms. The van der Waals surface area contributed by atoms with Crippen molar-refractivity contribution < 1.29 is 13.2 Å². The van der Waals surface area contributed by atoms with Crippen LogP contribution >= 0.6 is 0 Å². The number of sulfonamides is 1. The van der Waals surface area contributed by atoms with Crippen LogP contribution in [0.25, 0.3) is 0 Å². The lowest BCUT2D eigenvalue weighted by atomic mass is 9.96. The van der Waals surface area contributed by atoms with Crippen molar-refractivity contribution in [3.05, 3.63) is 29.3 Å². The minimum atomic E-state index is -3.80. The number of carbonyl (C=O) groups excluding carboxylic acids is 1. The van der Waals surface area contributed by atoms with Crippen molar-refractivity contribution in [3.8, 4) is 0 Å². The Balaban J connectivity index is 2.14. The molecule has 3 N–H and O–H groups in total. The second-order valence-corrected chi connectivity index (χ2v) is 7.60. The second-order valence-electron chi connectivity index (χ2n) is 6.04. The summed E-state index contributed by atoms with van der Waals surface area (Å²) in [7, 11) is -3.80. The van der Waals surface area contributed by atoms with Crippen molar-refractivity contribution in [2.75, 3.05) is 0 Å². The number of carbonyl (C=O) groups is 1. The summed E-state index contributed by atoms with van der Waals surface area (Å²) in [5.41, 5.74) is 1.13. The van der Waals surface area contributed by atoms with Gasteiger partial charge in [0.15, 0.2) is 0 Å². The van der Waals surface area contributed by atoms with E-state index < -0.39 is 10.0 Å². The zero-order valence-electron chi connectivity index (χ0n) is 13.0. The number of rotatable bonds is 3. The van der Waals surface area contributed by atoms with Gasteiger partial charge in [0.05, 0.1) is 4.90 Å². The zero-order valence-corrected chi connectivity index (χ0v) is 13.8. The molecule has 1 aromatic carbocycles. The predicted molar refractivity (Wildman–Crippen MR) is 86.1 cm³/mol. The van der Waals surface area contributed by atoms with Gasteiger partial charge in [0.2, 0.25) is 10.0 Å². The molecule has 22 heavy (non-hydrogen) atoms. The largest absolute Gasteiger partial charge is 0.349 e. The summed E-state index contributed by atoms with van der Waals surface area (Å²) in [6.45, 7) is 1.79. The molecule has 1 amide bonds. The van der Waals surface area contributed by atoms with E-state index >= 15 is 0 Å². The molecule has 0 aliphatic heterocycles. The lowest BCUT2D eigenvalue weighted by Gasteiger charge is -2.21. The number of aryl methyl sites for hydroxylation is 1. The second kappa shape index (κ2) is 7.24. The Morgan fingerprint density at radius 1 is 1.14 bits per heavy atom. The van der Waals surface area contributed by atoms with E-state index in [1.807, 2.05) is 0 Å². The van der Waals surface area contributed by atoms with Crippen LogP contribution in [0, 0.1) is 6.92 Å². The van der Waals surface area contributed by atoms with Gasteiger partial charge in [0, 0.05) is 11.6 Å². The molecule has 0 radical (unpaired) electrons. The van der Waals surface area contributed by atoms with E-state index in [1.54, 1.807) is 13.0 Å². The highest BCUT2D eigenvalue weighted by molar-refractivity contribution is 7.89. The van der Waals surface area contributed by atoms with Gasteiger partial charge in [-0.3, -0.25) is 4.79 Å². The highest BCUT2D eigenvalue weighted by Crippen LogP contribution is 2.19. The third-order valence-corrected chi connectivity index (χ3v) is 5.13. The van der Waals surface area contributed by atoms with Crippen LogP contribution < -0.4 is 10.5 Å². The van der Waals surface area contributed by atoms with Gasteiger partial charge in [-0.25, -0.2) is 13.6 Å². The first-order valence-corrected chi connectivity index (χ1v) is 9.37. The van der Waals surface area contributed by atoms with Crippen molar-refractivity contribution in [1.29, 1.82) is 0 Å². The molecule has 0 unspecified atom stereocenters. The number of hydrogen-bond donors (Lipinski definition) is 2. The smallest absolute Gasteiger partial charge is 0.251 e. The highest BCUT2D eigenvalue weighted by Gasteiger charge is 2.18. The van der Waals surface area contributed by atoms with Crippen LogP contribution in [-0.2, 0) is 10.0 Å². The van der Waals surface area contributed by atoms with Crippen molar-refractivity contribution in [2.24, 2.45) is 5.14 Å². The molecule has 0 aromatic heterocycles. The van der Waals surface area contributed by atoms with Crippen molar-refractivity contribution in [1.82, 2.24) is 5.32 Å². The van der Waals surface area contributed by atoms with Crippen molar-refractivity contribution in [2.45, 2.75) is 62.8 Å². The van der Waals surface area contributed by atoms with Crippen LogP contribution in [0.1, 0.15) is 60.9 Å². The Morgan fingerprint density at radius 3 is 2.32 bits per heavy atom. The molecule has 122 valence electrons. The van der Waals surface area contributed by atoms with Crippen molar-refractivity contribution >= 4 is 15.9 Å². The summed E-state index contributed by atoms with van der Waals surface area (Å²) in [5.74, 6) is -0.214. The molecule has 5 nitrogen and oxygen atoms in total. The minimum absolute atomic E-state index is 0.0269. The maximum atomic E-state index is 12.5. The van der Waals surface area contributed by atoms with Crippen molar-refractivity contribution in [3.63, 3.8) is 0 Å². The first-order chi connectivity index (χ1) is 10.4. The van der Waals surface area contributed by atoms with Crippen LogP contribution in [0.3, 0.4) is 0 Å². The molecule has 1 aliphatic carbocycles. The third-order valence-electron chi connectivity index (χ3n) is 4.22. The Morgan fingerprint density at radius 2 is 1.73 bits per heavy atom. The molecule has 1 saturated carbocycles. The highest BCUT2D eigenvalue weighted by atomic mass is 32.2. The Hall–Kier alpha value is -1.40. The molecular weight excluding hydrogens is 300 g/mol. The Kier molecular flexibility index (Phi) is 5.58. The Labute approximate surface area is 132 Å². The first-order valence-electron chi connectivity index (χ1n) is 7.82. The summed E-state index contributed by atoms with van der Waals surface area (Å²) >= 11 is 0. The van der Waals surface area contributed by atoms with E-state index in [4.69, 9.17) is 5.14 Å². The summed E-state index contributed by atoms with van der Waals surface area (Å²) in [6.07, 6.45) is 7.93. The monoisotopic (exact) mass is 324 g/mol. The van der Waals surface area contributed by atoms with Crippen LogP contribution in [0.4, 0.5) is 0 Å². The van der Waals surface area contributed by atoms with Gasteiger partial charge in [-0.1, -0.05) is 38.2 Å². The number of primary sulfonamides is 1. The topological polar surface area (TPSA) is 89.3 Å². The SMILES string of the molecule is Cc1ccc(S(N)(=O)=O)cc1C(=O)NC1CCCCCCC1. The van der Waals surface area contributed by atoms with E-state index in [0.29, 0.717) is 5.56 Å². The Bertz CT molecular complexity index is 633. The van der Waals surface area contributed by atoms with Gasteiger partial charge in [0.1, 0.15) is 0 Å². The number of nitrogens with two attached hydrogens (primary N) is 1. The van der Waals surface area contributed by atoms with Gasteiger partial charge in [-0.15, -0.1) is 0 Å². The number of benzene rings is 1. The molecule has 0 saturated heterocycles. The van der Waals surface area contributed by atoms with Crippen LogP contribution in [0.5, 0.6) is 0 Å². The first kappa shape index (κ1) is 17.0. The fourth-order valence-electron chi connectivity index (χ4n) is 2.89. The molecule has 2 rings (SSSR count). The normalized spacial score (nSPS) is 17.5. The lowest BCUT2D eigenvalue weighted by Crippen LogP contribution is -2.35. The molecule has 0 bridgehead atoms. The summed E-state index contributed by atoms with van der Waals surface area (Å²) in [6, 6.07) is 4.58. The van der Waals surface area contributed by atoms with Crippen LogP contribution in [0.15, 0.2) is 23.1 Å². The van der Waals surface area contributed by atoms with E-state index in [1.165, 1.54) is 31.4 Å². The van der Waals surface area contributed by atoms with Crippen LogP contribution in [-0.4, -0.2) is 20.4 Å². The third kappa shape index (κ3) is 4.55. The molecular formula is C16H24N2O3S. The average Bonchev–Trinajstić information content (AvgIpc) is 2.40. The minimum Gasteiger partial charge on any atom is -0.349 e. The van der Waals surface area contributed by atoms with E-state index in [0.717, 1.165) is 31.2 Å². The lowest BCUT2D eigenvalue weighted by molar-refractivity contribution is 0.0929. The predicted octanol–water partition coefficient (Wildman–Crippen LogP) is 2.49. The molecule has 0 atom stereocenters. The molecule has 1 aromatic rings. The maximum absolute atomic E-state index is 12.5. The number of nitrogens with one attached hydrogen (secondary N) is 1. The fourth-order valence-corrected chi connectivity index (χ4v) is 3.43. The summed E-state index contributed by atoms with van der Waals surface area (Å²) < 4.78 is 22.9. The fraction of sp³-hybridized carbons (Fsp3) is 0.562. The maximum Gasteiger partial charge on any atom is 0.251 e. The molecule has 1 fully saturated rings. The van der Waals surface area contributed by atoms with E-state index in [9.17, 15) is 13.2 Å². The van der Waals surface area contributed by atoms with Gasteiger partial charge in [0.25, 0.3) is 5.91 Å². The molecule has 1 aliphatic rings. The van der Waals surface area contributed by atoms with Gasteiger partial charge < -0.3 is 5.32 Å². The van der Waals surface area contributed by atoms with Gasteiger partial charge in [-0.2, -0.15) is 0 Å². The quantitative estimate of drug-likeness (QED) is 0.895. The number of amides is 1. The molecule has 0 spiro atoms. The summed E-state index contributed by atoms with van der Waals surface area (Å²) in [5, 5.41) is 8.19. The van der Waals surface area contributed by atoms with Gasteiger partial charge >= 0.3 is 0 Å². The van der Waals surface area contributed by atoms with Gasteiger partial charge in [-0.05, 0) is 37.5 Å². The number of hydrogen-bond acceptors (Lipinski definition) is 3. The summed E-state index contributed by atoms with van der Waals surface area (Å²) in [4.78, 5) is 12.4. The van der Waals surface area contributed by atoms with E-state index in [-0.39, 0.29) is 16.8 Å². The van der Waals surface area contributed by atoms with Crippen LogP contribution in [0.2, 0.25) is 0 Å². The zero-order chi connectivity index (χ0) is 16.2. The van der Waals surface area contributed by atoms with E-state index in [2.05, 4.69) is 5.32 Å². The molecule has 0 heterocycles. The standard InChI is InChI=1S/C16H24N2O3S/c1-12-9-10-14(22(17,20)21)11-15(12)16(19)18-13-7-5-3-2-4-6-8-13/h9-11,13H,2-8H2,1H3,(H,18,19)(H2,17,20,21).